The van der Waals surface area contributed by atoms with E-state index >= 15 is 0 Å². The van der Waals surface area contributed by atoms with Gasteiger partial charge in [-0.05, 0) is 38.0 Å². The predicted octanol–water partition coefficient (Wildman–Crippen LogP) is 2.91. The van der Waals surface area contributed by atoms with Crippen LogP contribution in [0.5, 0.6) is 0 Å². The van der Waals surface area contributed by atoms with Crippen molar-refractivity contribution in [2.45, 2.75) is 39.5 Å². The number of hydrogen-bond donors (Lipinski definition) is 0. The Hall–Kier alpha value is -0.990. The van der Waals surface area contributed by atoms with E-state index in [1.165, 1.54) is 32.8 Å². The summed E-state index contributed by atoms with van der Waals surface area (Å²) in [6, 6.07) is 0. The van der Waals surface area contributed by atoms with Crippen LogP contribution in [-0.4, -0.2) is 19.7 Å². The standard InChI is InChI=1S/C14H22O3/c1-10(13(15)16-3)8-17-9-14(2)7-11-4-5-12(14)6-11/h8,11-12H,4-7,9H2,1-3H3. The molecular formula is C14H22O3. The number of methoxy groups -OCH3 is 1. The Morgan fingerprint density at radius 1 is 1.47 bits per heavy atom. The molecule has 3 unspecified atom stereocenters. The van der Waals surface area contributed by atoms with Crippen LogP contribution < -0.4 is 0 Å². The second kappa shape index (κ2) is 4.71. The van der Waals surface area contributed by atoms with Crippen molar-refractivity contribution in [1.82, 2.24) is 0 Å². The number of rotatable bonds is 4. The minimum Gasteiger partial charge on any atom is -0.500 e. The molecule has 0 saturated heterocycles. The molecule has 2 rings (SSSR count). The lowest BCUT2D eigenvalue weighted by Crippen LogP contribution is -2.28. The lowest BCUT2D eigenvalue weighted by molar-refractivity contribution is -0.136. The third-order valence-electron chi connectivity index (χ3n) is 4.46. The molecule has 3 nitrogen and oxygen atoms in total. The second-order valence-electron chi connectivity index (χ2n) is 5.84. The molecule has 3 atom stereocenters. The minimum atomic E-state index is -0.317. The molecule has 3 heteroatoms. The molecule has 2 bridgehead atoms. The predicted molar refractivity (Wildman–Crippen MR) is 65.3 cm³/mol. The summed E-state index contributed by atoms with van der Waals surface area (Å²) < 4.78 is 10.2. The second-order valence-corrected chi connectivity index (χ2v) is 5.84. The molecule has 0 aromatic heterocycles. The molecule has 2 fully saturated rings. The molecule has 2 aliphatic carbocycles. The molecule has 2 saturated carbocycles. The third-order valence-corrected chi connectivity index (χ3v) is 4.46. The van der Waals surface area contributed by atoms with Crippen LogP contribution in [0.3, 0.4) is 0 Å². The Labute approximate surface area is 103 Å². The summed E-state index contributed by atoms with van der Waals surface area (Å²) in [5.74, 6) is 1.42. The zero-order valence-electron chi connectivity index (χ0n) is 11.0. The van der Waals surface area contributed by atoms with Crippen molar-refractivity contribution in [1.29, 1.82) is 0 Å². The molecular weight excluding hydrogens is 216 g/mol. The summed E-state index contributed by atoms with van der Waals surface area (Å²) in [5.41, 5.74) is 0.842. The topological polar surface area (TPSA) is 35.5 Å². The minimum absolute atomic E-state index is 0.315. The van der Waals surface area contributed by atoms with Gasteiger partial charge in [0.15, 0.2) is 0 Å². The number of carbonyl (C=O) groups is 1. The van der Waals surface area contributed by atoms with Gasteiger partial charge in [0.1, 0.15) is 0 Å². The molecule has 0 radical (unpaired) electrons. The smallest absolute Gasteiger partial charge is 0.336 e. The molecule has 96 valence electrons. The maximum absolute atomic E-state index is 11.2. The normalized spacial score (nSPS) is 36.1. The highest BCUT2D eigenvalue weighted by Gasteiger charge is 2.48. The van der Waals surface area contributed by atoms with Gasteiger partial charge in [-0.25, -0.2) is 4.79 Å². The third kappa shape index (κ3) is 2.48. The summed E-state index contributed by atoms with van der Waals surface area (Å²) in [7, 11) is 1.39. The zero-order valence-corrected chi connectivity index (χ0v) is 11.0. The van der Waals surface area contributed by atoms with Crippen LogP contribution in [0.15, 0.2) is 11.8 Å². The van der Waals surface area contributed by atoms with Crippen LogP contribution in [0.1, 0.15) is 39.5 Å². The van der Waals surface area contributed by atoms with Crippen molar-refractivity contribution in [3.8, 4) is 0 Å². The summed E-state index contributed by atoms with van der Waals surface area (Å²) in [6.45, 7) is 4.76. The van der Waals surface area contributed by atoms with Crippen LogP contribution in [0.2, 0.25) is 0 Å². The van der Waals surface area contributed by atoms with Crippen LogP contribution in [0.4, 0.5) is 0 Å². The first-order valence-electron chi connectivity index (χ1n) is 6.42. The molecule has 0 N–H and O–H groups in total. The Morgan fingerprint density at radius 2 is 2.24 bits per heavy atom. The van der Waals surface area contributed by atoms with Crippen molar-refractivity contribution < 1.29 is 14.3 Å². The lowest BCUT2D eigenvalue weighted by Gasteiger charge is -2.33. The molecule has 2 aliphatic rings. The molecule has 0 aliphatic heterocycles. The average Bonchev–Trinajstić information content (AvgIpc) is 2.87. The lowest BCUT2D eigenvalue weighted by atomic mass is 9.75. The summed E-state index contributed by atoms with van der Waals surface area (Å²) in [4.78, 5) is 11.2. The van der Waals surface area contributed by atoms with Crippen LogP contribution in [-0.2, 0) is 14.3 Å². The van der Waals surface area contributed by atoms with Crippen LogP contribution in [0.25, 0.3) is 0 Å². The fourth-order valence-electron chi connectivity index (χ4n) is 3.46. The van der Waals surface area contributed by atoms with Gasteiger partial charge in [0.05, 0.1) is 25.6 Å². The Kier molecular flexibility index (Phi) is 3.45. The first-order chi connectivity index (χ1) is 8.05. The van der Waals surface area contributed by atoms with Crippen molar-refractivity contribution in [3.63, 3.8) is 0 Å². The largest absolute Gasteiger partial charge is 0.500 e. The fraction of sp³-hybridized carbons (Fsp3) is 0.786. The highest BCUT2D eigenvalue weighted by Crippen LogP contribution is 2.55. The Balaban J connectivity index is 1.85. The quantitative estimate of drug-likeness (QED) is 0.429. The zero-order chi connectivity index (χ0) is 12.5. The highest BCUT2D eigenvalue weighted by molar-refractivity contribution is 5.87. The van der Waals surface area contributed by atoms with Gasteiger partial charge >= 0.3 is 5.97 Å². The van der Waals surface area contributed by atoms with E-state index in [0.717, 1.165) is 18.4 Å². The number of carbonyl (C=O) groups excluding carboxylic acids is 1. The van der Waals surface area contributed by atoms with E-state index in [0.29, 0.717) is 11.0 Å². The van der Waals surface area contributed by atoms with E-state index in [1.807, 2.05) is 0 Å². The van der Waals surface area contributed by atoms with Crippen molar-refractivity contribution in [2.75, 3.05) is 13.7 Å². The number of hydrogen-bond acceptors (Lipinski definition) is 3. The number of ether oxygens (including phenoxy) is 2. The van der Waals surface area contributed by atoms with Gasteiger partial charge in [0, 0.05) is 5.41 Å². The summed E-state index contributed by atoms with van der Waals surface area (Å²) in [6.07, 6.45) is 6.95. The summed E-state index contributed by atoms with van der Waals surface area (Å²) >= 11 is 0. The maximum Gasteiger partial charge on any atom is 0.336 e. The van der Waals surface area contributed by atoms with Crippen molar-refractivity contribution in [3.05, 3.63) is 11.8 Å². The van der Waals surface area contributed by atoms with Gasteiger partial charge in [0.2, 0.25) is 0 Å². The molecule has 0 spiro atoms. The first kappa shape index (κ1) is 12.5. The summed E-state index contributed by atoms with van der Waals surface area (Å²) in [5, 5.41) is 0. The van der Waals surface area contributed by atoms with Gasteiger partial charge in [0.25, 0.3) is 0 Å². The molecule has 0 amide bonds. The number of fused-ring (bicyclic) bond motifs is 2. The van der Waals surface area contributed by atoms with Gasteiger partial charge in [-0.1, -0.05) is 13.3 Å². The van der Waals surface area contributed by atoms with E-state index in [4.69, 9.17) is 4.74 Å². The van der Waals surface area contributed by atoms with Gasteiger partial charge in [-0.3, -0.25) is 0 Å². The van der Waals surface area contributed by atoms with E-state index in [9.17, 15) is 4.79 Å². The van der Waals surface area contributed by atoms with Crippen LogP contribution in [0, 0.1) is 17.3 Å². The van der Waals surface area contributed by atoms with E-state index < -0.39 is 0 Å². The van der Waals surface area contributed by atoms with Gasteiger partial charge < -0.3 is 9.47 Å². The Morgan fingerprint density at radius 3 is 2.76 bits per heavy atom. The van der Waals surface area contributed by atoms with Crippen LogP contribution >= 0.6 is 0 Å². The SMILES string of the molecule is COC(=O)C(C)=COCC1(C)CC2CCC1C2. The maximum atomic E-state index is 11.2. The van der Waals surface area contributed by atoms with Crippen molar-refractivity contribution >= 4 is 5.97 Å². The van der Waals surface area contributed by atoms with Gasteiger partial charge in [-0.2, -0.15) is 0 Å². The first-order valence-corrected chi connectivity index (χ1v) is 6.42. The van der Waals surface area contributed by atoms with Gasteiger partial charge in [-0.15, -0.1) is 0 Å². The average molecular weight is 238 g/mol. The van der Waals surface area contributed by atoms with E-state index in [1.54, 1.807) is 13.2 Å². The van der Waals surface area contributed by atoms with Crippen molar-refractivity contribution in [2.24, 2.45) is 17.3 Å². The number of esters is 1. The monoisotopic (exact) mass is 238 g/mol. The molecule has 0 aromatic rings. The Bertz CT molecular complexity index is 334. The van der Waals surface area contributed by atoms with E-state index in [2.05, 4.69) is 11.7 Å². The fourth-order valence-corrected chi connectivity index (χ4v) is 3.46. The molecule has 0 aromatic carbocycles. The highest BCUT2D eigenvalue weighted by atomic mass is 16.5. The molecule has 17 heavy (non-hydrogen) atoms. The molecule has 0 heterocycles. The van der Waals surface area contributed by atoms with E-state index in [-0.39, 0.29) is 5.97 Å².